The summed E-state index contributed by atoms with van der Waals surface area (Å²) >= 11 is 1.22. The number of carbonyl (C=O) groups is 1. The molecule has 0 saturated heterocycles. The molecule has 0 amide bonds. The van der Waals surface area contributed by atoms with Crippen molar-refractivity contribution in [3.05, 3.63) is 41.3 Å². The minimum absolute atomic E-state index is 0.261. The number of aryl methyl sites for hydroxylation is 2. The Labute approximate surface area is 103 Å². The van der Waals surface area contributed by atoms with E-state index in [2.05, 4.69) is 4.98 Å². The highest BCUT2D eigenvalue weighted by Crippen LogP contribution is 2.30. The molecule has 2 aromatic rings. The van der Waals surface area contributed by atoms with Crippen molar-refractivity contribution in [3.8, 4) is 0 Å². The number of rotatable bonds is 3. The zero-order chi connectivity index (χ0) is 12.4. The van der Waals surface area contributed by atoms with Gasteiger partial charge in [0, 0.05) is 4.90 Å². The summed E-state index contributed by atoms with van der Waals surface area (Å²) < 4.78 is 5.20. The lowest BCUT2D eigenvalue weighted by molar-refractivity contribution is 0.0693. The number of oxazole rings is 1. The minimum Gasteiger partial charge on any atom is -0.478 e. The Hall–Kier alpha value is -1.75. The van der Waals surface area contributed by atoms with Gasteiger partial charge in [-0.2, -0.15) is 0 Å². The molecule has 0 radical (unpaired) electrons. The van der Waals surface area contributed by atoms with Crippen LogP contribution in [0.1, 0.15) is 21.6 Å². The average Bonchev–Trinajstić information content (AvgIpc) is 2.63. The van der Waals surface area contributed by atoms with Gasteiger partial charge in [0.15, 0.2) is 0 Å². The lowest BCUT2D eigenvalue weighted by Crippen LogP contribution is -1.98. The fourth-order valence-corrected chi connectivity index (χ4v) is 2.35. The van der Waals surface area contributed by atoms with E-state index in [1.165, 1.54) is 11.8 Å². The molecule has 0 aliphatic carbocycles. The van der Waals surface area contributed by atoms with E-state index in [-0.39, 0.29) is 5.56 Å². The molecule has 0 spiro atoms. The van der Waals surface area contributed by atoms with E-state index in [1.54, 1.807) is 18.4 Å². The Morgan fingerprint density at radius 1 is 1.41 bits per heavy atom. The molecule has 1 aromatic heterocycles. The van der Waals surface area contributed by atoms with Crippen LogP contribution in [-0.4, -0.2) is 16.1 Å². The summed E-state index contributed by atoms with van der Waals surface area (Å²) in [4.78, 5) is 15.8. The van der Waals surface area contributed by atoms with Crippen molar-refractivity contribution in [2.24, 2.45) is 0 Å². The third-order valence-corrected chi connectivity index (χ3v) is 3.08. The molecule has 0 fully saturated rings. The van der Waals surface area contributed by atoms with Crippen LogP contribution in [0.4, 0.5) is 0 Å². The number of aromatic nitrogens is 1. The lowest BCUT2D eigenvalue weighted by Gasteiger charge is -2.04. The summed E-state index contributed by atoms with van der Waals surface area (Å²) in [6, 6.07) is 5.18. The van der Waals surface area contributed by atoms with Crippen LogP contribution < -0.4 is 0 Å². The first-order valence-electron chi connectivity index (χ1n) is 5.00. The van der Waals surface area contributed by atoms with Crippen LogP contribution in [0.15, 0.2) is 39.0 Å². The number of aromatic carboxylic acids is 1. The van der Waals surface area contributed by atoms with Gasteiger partial charge >= 0.3 is 5.97 Å². The van der Waals surface area contributed by atoms with Crippen molar-refractivity contribution in [2.75, 3.05) is 0 Å². The third kappa shape index (κ3) is 2.68. The van der Waals surface area contributed by atoms with Gasteiger partial charge in [-0.15, -0.1) is 0 Å². The first-order chi connectivity index (χ1) is 8.06. The van der Waals surface area contributed by atoms with Gasteiger partial charge in [0.05, 0.1) is 11.3 Å². The van der Waals surface area contributed by atoms with Crippen LogP contribution in [0.3, 0.4) is 0 Å². The summed E-state index contributed by atoms with van der Waals surface area (Å²) in [7, 11) is 0. The zero-order valence-electron chi connectivity index (χ0n) is 9.43. The van der Waals surface area contributed by atoms with Gasteiger partial charge in [-0.3, -0.25) is 0 Å². The van der Waals surface area contributed by atoms with E-state index in [4.69, 9.17) is 9.52 Å². The SMILES string of the molecule is Cc1ccc(C(=O)O)c(Sc2nc(C)co2)c1. The lowest BCUT2D eigenvalue weighted by atomic mass is 10.1. The second kappa shape index (κ2) is 4.63. The van der Waals surface area contributed by atoms with Gasteiger partial charge < -0.3 is 9.52 Å². The summed E-state index contributed by atoms with van der Waals surface area (Å²) in [5.41, 5.74) is 2.04. The van der Waals surface area contributed by atoms with Crippen LogP contribution in [0.2, 0.25) is 0 Å². The summed E-state index contributed by atoms with van der Waals surface area (Å²) in [6.07, 6.45) is 1.54. The molecule has 0 aliphatic rings. The van der Waals surface area contributed by atoms with E-state index in [9.17, 15) is 4.79 Å². The molecular weight excluding hydrogens is 238 g/mol. The fourth-order valence-electron chi connectivity index (χ4n) is 1.36. The number of hydrogen-bond donors (Lipinski definition) is 1. The zero-order valence-corrected chi connectivity index (χ0v) is 10.2. The maximum atomic E-state index is 11.1. The average molecular weight is 249 g/mol. The standard InChI is InChI=1S/C12H11NO3S/c1-7-3-4-9(11(14)15)10(5-7)17-12-13-8(2)6-16-12/h3-6H,1-2H3,(H,14,15). The Bertz CT molecular complexity index is 563. The molecule has 0 unspecified atom stereocenters. The van der Waals surface area contributed by atoms with Gasteiger partial charge in [-0.05, 0) is 43.3 Å². The molecule has 0 atom stereocenters. The summed E-state index contributed by atoms with van der Waals surface area (Å²) in [5.74, 6) is -0.948. The molecule has 0 saturated carbocycles. The highest BCUT2D eigenvalue weighted by Gasteiger charge is 2.13. The smallest absolute Gasteiger partial charge is 0.336 e. The molecule has 4 nitrogen and oxygen atoms in total. The Kier molecular flexibility index (Phi) is 3.19. The first-order valence-corrected chi connectivity index (χ1v) is 5.82. The quantitative estimate of drug-likeness (QED) is 0.905. The monoisotopic (exact) mass is 249 g/mol. The predicted octanol–water partition coefficient (Wildman–Crippen LogP) is 3.14. The molecule has 17 heavy (non-hydrogen) atoms. The Morgan fingerprint density at radius 3 is 2.76 bits per heavy atom. The topological polar surface area (TPSA) is 63.3 Å². The van der Waals surface area contributed by atoms with Crippen molar-refractivity contribution >= 4 is 17.7 Å². The minimum atomic E-state index is -0.948. The van der Waals surface area contributed by atoms with Gasteiger partial charge in [-0.25, -0.2) is 9.78 Å². The summed E-state index contributed by atoms with van der Waals surface area (Å²) in [6.45, 7) is 3.73. The molecule has 2 rings (SSSR count). The van der Waals surface area contributed by atoms with Crippen LogP contribution in [0.5, 0.6) is 0 Å². The summed E-state index contributed by atoms with van der Waals surface area (Å²) in [5, 5.41) is 9.53. The van der Waals surface area contributed by atoms with Crippen molar-refractivity contribution < 1.29 is 14.3 Å². The van der Waals surface area contributed by atoms with Gasteiger partial charge in [0.1, 0.15) is 6.26 Å². The third-order valence-electron chi connectivity index (χ3n) is 2.16. The molecule has 1 heterocycles. The normalized spacial score (nSPS) is 10.5. The Morgan fingerprint density at radius 2 is 2.18 bits per heavy atom. The van der Waals surface area contributed by atoms with E-state index >= 15 is 0 Å². The van der Waals surface area contributed by atoms with E-state index in [1.807, 2.05) is 19.9 Å². The van der Waals surface area contributed by atoms with Crippen LogP contribution >= 0.6 is 11.8 Å². The van der Waals surface area contributed by atoms with E-state index in [0.717, 1.165) is 11.3 Å². The van der Waals surface area contributed by atoms with Crippen LogP contribution in [-0.2, 0) is 0 Å². The maximum Gasteiger partial charge on any atom is 0.336 e. The molecule has 0 bridgehead atoms. The molecule has 1 aromatic carbocycles. The number of carboxylic acid groups (broad SMARTS) is 1. The largest absolute Gasteiger partial charge is 0.478 e. The van der Waals surface area contributed by atoms with Gasteiger partial charge in [0.2, 0.25) is 0 Å². The maximum absolute atomic E-state index is 11.1. The number of carboxylic acids is 1. The van der Waals surface area contributed by atoms with Crippen molar-refractivity contribution in [1.82, 2.24) is 4.98 Å². The Balaban J connectivity index is 2.37. The number of benzene rings is 1. The van der Waals surface area contributed by atoms with E-state index < -0.39 is 5.97 Å². The molecule has 88 valence electrons. The fraction of sp³-hybridized carbons (Fsp3) is 0.167. The second-order valence-electron chi connectivity index (χ2n) is 3.66. The van der Waals surface area contributed by atoms with Gasteiger partial charge in [-0.1, -0.05) is 6.07 Å². The first kappa shape index (κ1) is 11.7. The number of hydrogen-bond acceptors (Lipinski definition) is 4. The molecule has 5 heteroatoms. The van der Waals surface area contributed by atoms with Gasteiger partial charge in [0.25, 0.3) is 5.22 Å². The van der Waals surface area contributed by atoms with Crippen LogP contribution in [0, 0.1) is 13.8 Å². The predicted molar refractivity (Wildman–Crippen MR) is 63.5 cm³/mol. The van der Waals surface area contributed by atoms with E-state index in [0.29, 0.717) is 10.1 Å². The van der Waals surface area contributed by atoms with Crippen LogP contribution in [0.25, 0.3) is 0 Å². The molecule has 1 N–H and O–H groups in total. The number of nitrogens with zero attached hydrogens (tertiary/aromatic N) is 1. The van der Waals surface area contributed by atoms with Crippen molar-refractivity contribution in [2.45, 2.75) is 24.0 Å². The second-order valence-corrected chi connectivity index (χ2v) is 4.65. The molecule has 0 aliphatic heterocycles. The van der Waals surface area contributed by atoms with Crippen molar-refractivity contribution in [3.63, 3.8) is 0 Å². The highest BCUT2D eigenvalue weighted by atomic mass is 32.2. The highest BCUT2D eigenvalue weighted by molar-refractivity contribution is 7.99. The molecular formula is C12H11NO3S. The van der Waals surface area contributed by atoms with Crippen molar-refractivity contribution in [1.29, 1.82) is 0 Å².